The molecule has 1 saturated heterocycles. The Kier molecular flexibility index (Phi) is 3.35. The highest BCUT2D eigenvalue weighted by Gasteiger charge is 2.37. The standard InChI is InChI=1S/C15H20FNO/c16-13-3-1-2-12(9-13)15(18)6-7-17-10-11-4-5-14(17)8-11/h1-3,9,11,14-15,18H,4-8,10H2. The molecule has 2 aliphatic rings. The van der Waals surface area contributed by atoms with Gasteiger partial charge in [0.25, 0.3) is 0 Å². The number of benzene rings is 1. The van der Waals surface area contributed by atoms with Crippen LogP contribution in [0.25, 0.3) is 0 Å². The van der Waals surface area contributed by atoms with Gasteiger partial charge in [-0.25, -0.2) is 4.39 Å². The van der Waals surface area contributed by atoms with E-state index < -0.39 is 6.10 Å². The molecular formula is C15H20FNO. The molecule has 98 valence electrons. The van der Waals surface area contributed by atoms with Crippen molar-refractivity contribution in [1.29, 1.82) is 0 Å². The number of piperidine rings is 1. The van der Waals surface area contributed by atoms with Crippen LogP contribution in [0.1, 0.15) is 37.4 Å². The molecule has 0 spiro atoms. The van der Waals surface area contributed by atoms with Crippen molar-refractivity contribution in [2.45, 2.75) is 37.8 Å². The monoisotopic (exact) mass is 249 g/mol. The number of fused-ring (bicyclic) bond motifs is 2. The quantitative estimate of drug-likeness (QED) is 0.887. The summed E-state index contributed by atoms with van der Waals surface area (Å²) < 4.78 is 13.1. The molecular weight excluding hydrogens is 229 g/mol. The SMILES string of the molecule is OC(CCN1CC2CCC1C2)c1cccc(F)c1. The van der Waals surface area contributed by atoms with Crippen LogP contribution in [0.2, 0.25) is 0 Å². The summed E-state index contributed by atoms with van der Waals surface area (Å²) in [6.45, 7) is 2.12. The molecule has 1 aromatic carbocycles. The van der Waals surface area contributed by atoms with Crippen LogP contribution in [0.15, 0.2) is 24.3 Å². The highest BCUT2D eigenvalue weighted by molar-refractivity contribution is 5.18. The first-order valence-corrected chi connectivity index (χ1v) is 6.90. The lowest BCUT2D eigenvalue weighted by atomic mass is 10.1. The zero-order chi connectivity index (χ0) is 12.5. The molecule has 1 aliphatic carbocycles. The normalized spacial score (nSPS) is 28.8. The Hall–Kier alpha value is -0.930. The molecule has 3 heteroatoms. The van der Waals surface area contributed by atoms with E-state index in [1.54, 1.807) is 12.1 Å². The summed E-state index contributed by atoms with van der Waals surface area (Å²) in [4.78, 5) is 2.50. The highest BCUT2D eigenvalue weighted by Crippen LogP contribution is 2.37. The molecule has 2 nitrogen and oxygen atoms in total. The molecule has 1 aliphatic heterocycles. The van der Waals surface area contributed by atoms with E-state index in [1.165, 1.54) is 37.9 Å². The third-order valence-electron chi connectivity index (χ3n) is 4.45. The van der Waals surface area contributed by atoms with E-state index in [0.29, 0.717) is 12.0 Å². The third kappa shape index (κ3) is 2.43. The van der Waals surface area contributed by atoms with E-state index in [1.807, 2.05) is 0 Å². The van der Waals surface area contributed by atoms with Crippen molar-refractivity contribution in [3.8, 4) is 0 Å². The number of likely N-dealkylation sites (tertiary alicyclic amines) is 1. The predicted octanol–water partition coefficient (Wildman–Crippen LogP) is 2.73. The van der Waals surface area contributed by atoms with E-state index in [2.05, 4.69) is 4.90 Å². The second kappa shape index (κ2) is 4.98. The van der Waals surface area contributed by atoms with E-state index in [4.69, 9.17) is 0 Å². The Morgan fingerprint density at radius 2 is 2.28 bits per heavy atom. The van der Waals surface area contributed by atoms with Crippen LogP contribution in [0.4, 0.5) is 4.39 Å². The third-order valence-corrected chi connectivity index (χ3v) is 4.45. The maximum atomic E-state index is 13.1. The second-order valence-corrected chi connectivity index (χ2v) is 5.69. The molecule has 1 saturated carbocycles. The van der Waals surface area contributed by atoms with Crippen LogP contribution >= 0.6 is 0 Å². The number of hydrogen-bond acceptors (Lipinski definition) is 2. The van der Waals surface area contributed by atoms with Crippen molar-refractivity contribution in [2.24, 2.45) is 5.92 Å². The molecule has 0 radical (unpaired) electrons. The number of hydrogen-bond donors (Lipinski definition) is 1. The zero-order valence-electron chi connectivity index (χ0n) is 10.6. The smallest absolute Gasteiger partial charge is 0.123 e. The molecule has 2 fully saturated rings. The van der Waals surface area contributed by atoms with E-state index >= 15 is 0 Å². The van der Waals surface area contributed by atoms with Crippen LogP contribution in [-0.2, 0) is 0 Å². The Balaban J connectivity index is 1.54. The molecule has 3 unspecified atom stereocenters. The van der Waals surface area contributed by atoms with Gasteiger partial charge in [-0.3, -0.25) is 4.90 Å². The van der Waals surface area contributed by atoms with Crippen LogP contribution in [0.3, 0.4) is 0 Å². The molecule has 3 atom stereocenters. The summed E-state index contributed by atoms with van der Waals surface area (Å²) in [6.07, 6.45) is 4.21. The molecule has 1 heterocycles. The lowest BCUT2D eigenvalue weighted by Crippen LogP contribution is -2.33. The van der Waals surface area contributed by atoms with Crippen molar-refractivity contribution >= 4 is 0 Å². The summed E-state index contributed by atoms with van der Waals surface area (Å²) in [5.41, 5.74) is 0.694. The topological polar surface area (TPSA) is 23.5 Å². The van der Waals surface area contributed by atoms with Crippen molar-refractivity contribution < 1.29 is 9.50 Å². The molecule has 0 aromatic heterocycles. The predicted molar refractivity (Wildman–Crippen MR) is 68.7 cm³/mol. The maximum Gasteiger partial charge on any atom is 0.123 e. The Morgan fingerprint density at radius 3 is 2.94 bits per heavy atom. The van der Waals surface area contributed by atoms with Gasteiger partial charge in [-0.05, 0) is 49.3 Å². The van der Waals surface area contributed by atoms with Crippen LogP contribution in [-0.4, -0.2) is 29.1 Å². The van der Waals surface area contributed by atoms with Crippen LogP contribution in [0.5, 0.6) is 0 Å². The fraction of sp³-hybridized carbons (Fsp3) is 0.600. The largest absolute Gasteiger partial charge is 0.388 e. The molecule has 18 heavy (non-hydrogen) atoms. The first kappa shape index (κ1) is 12.1. The highest BCUT2D eigenvalue weighted by atomic mass is 19.1. The van der Waals surface area contributed by atoms with Gasteiger partial charge >= 0.3 is 0 Å². The van der Waals surface area contributed by atoms with Gasteiger partial charge in [-0.2, -0.15) is 0 Å². The summed E-state index contributed by atoms with van der Waals surface area (Å²) >= 11 is 0. The van der Waals surface area contributed by atoms with Gasteiger partial charge in [-0.1, -0.05) is 12.1 Å². The van der Waals surface area contributed by atoms with Gasteiger partial charge in [0.1, 0.15) is 5.82 Å². The van der Waals surface area contributed by atoms with Crippen LogP contribution in [0, 0.1) is 11.7 Å². The molecule has 3 rings (SSSR count). The summed E-state index contributed by atoms with van der Waals surface area (Å²) in [5, 5.41) is 10.1. The fourth-order valence-corrected chi connectivity index (χ4v) is 3.47. The minimum atomic E-state index is -0.542. The minimum Gasteiger partial charge on any atom is -0.388 e. The van der Waals surface area contributed by atoms with Gasteiger partial charge in [0, 0.05) is 19.1 Å². The van der Waals surface area contributed by atoms with Crippen molar-refractivity contribution in [3.05, 3.63) is 35.6 Å². The number of nitrogens with zero attached hydrogens (tertiary/aromatic N) is 1. The van der Waals surface area contributed by atoms with Crippen LogP contribution < -0.4 is 0 Å². The molecule has 0 amide bonds. The first-order chi connectivity index (χ1) is 8.72. The maximum absolute atomic E-state index is 13.1. The number of aliphatic hydroxyl groups excluding tert-OH is 1. The lowest BCUT2D eigenvalue weighted by Gasteiger charge is -2.27. The average molecular weight is 249 g/mol. The first-order valence-electron chi connectivity index (χ1n) is 6.90. The van der Waals surface area contributed by atoms with E-state index in [9.17, 15) is 9.50 Å². The van der Waals surface area contributed by atoms with E-state index in [0.717, 1.165) is 18.5 Å². The van der Waals surface area contributed by atoms with Gasteiger partial charge in [0.15, 0.2) is 0 Å². The Labute approximate surface area is 107 Å². The summed E-state index contributed by atoms with van der Waals surface area (Å²) in [6, 6.07) is 7.04. The second-order valence-electron chi connectivity index (χ2n) is 5.69. The number of aliphatic hydroxyl groups is 1. The summed E-state index contributed by atoms with van der Waals surface area (Å²) in [7, 11) is 0. The van der Waals surface area contributed by atoms with Crippen molar-refractivity contribution in [1.82, 2.24) is 4.90 Å². The van der Waals surface area contributed by atoms with Crippen molar-refractivity contribution in [3.63, 3.8) is 0 Å². The number of rotatable bonds is 4. The summed E-state index contributed by atoms with van der Waals surface area (Å²) in [5.74, 6) is 0.619. The molecule has 1 aromatic rings. The fourth-order valence-electron chi connectivity index (χ4n) is 3.47. The molecule has 2 bridgehead atoms. The Bertz CT molecular complexity index is 423. The number of halogens is 1. The van der Waals surface area contributed by atoms with Gasteiger partial charge in [0.2, 0.25) is 0 Å². The minimum absolute atomic E-state index is 0.272. The lowest BCUT2D eigenvalue weighted by molar-refractivity contribution is 0.129. The van der Waals surface area contributed by atoms with Gasteiger partial charge < -0.3 is 5.11 Å². The van der Waals surface area contributed by atoms with E-state index in [-0.39, 0.29) is 5.82 Å². The van der Waals surface area contributed by atoms with Crippen molar-refractivity contribution in [2.75, 3.05) is 13.1 Å². The van der Waals surface area contributed by atoms with Gasteiger partial charge in [0.05, 0.1) is 6.10 Å². The zero-order valence-corrected chi connectivity index (χ0v) is 10.6. The Morgan fingerprint density at radius 1 is 1.39 bits per heavy atom. The molecule has 1 N–H and O–H groups in total. The van der Waals surface area contributed by atoms with Gasteiger partial charge in [-0.15, -0.1) is 0 Å². The average Bonchev–Trinajstić information content (AvgIpc) is 2.98.